The topological polar surface area (TPSA) is 78.6 Å². The van der Waals surface area contributed by atoms with Gasteiger partial charge in [0.25, 0.3) is 0 Å². The van der Waals surface area contributed by atoms with Crippen LogP contribution in [0.1, 0.15) is 46.4 Å². The molecule has 0 aliphatic carbocycles. The van der Waals surface area contributed by atoms with Gasteiger partial charge in [0, 0.05) is 0 Å². The van der Waals surface area contributed by atoms with E-state index in [9.17, 15) is 9.59 Å². The van der Waals surface area contributed by atoms with Crippen LogP contribution < -0.4 is 5.73 Å². The summed E-state index contributed by atoms with van der Waals surface area (Å²) in [6, 6.07) is 0. The normalized spacial score (nSPS) is 10.6. The number of nitrogen functional groups attached to an aromatic ring is 1. The van der Waals surface area contributed by atoms with Crippen LogP contribution >= 0.6 is 11.3 Å². The molecule has 0 radical (unpaired) electrons. The van der Waals surface area contributed by atoms with Crippen LogP contribution in [0.25, 0.3) is 0 Å². The molecule has 0 amide bonds. The summed E-state index contributed by atoms with van der Waals surface area (Å²) >= 11 is 1.08. The number of rotatable bonds is 5. The predicted octanol–water partition coefficient (Wildman–Crippen LogP) is 2.49. The number of carbonyl (C=O) groups is 2. The number of anilines is 1. The van der Waals surface area contributed by atoms with Crippen LogP contribution in [0, 0.1) is 5.92 Å². The lowest BCUT2D eigenvalue weighted by Crippen LogP contribution is -2.11. The maximum atomic E-state index is 11.9. The second-order valence-electron chi connectivity index (χ2n) is 4.46. The molecule has 0 fully saturated rings. The van der Waals surface area contributed by atoms with E-state index in [4.69, 9.17) is 15.2 Å². The van der Waals surface area contributed by atoms with Gasteiger partial charge in [0.15, 0.2) is 0 Å². The number of carbonyl (C=O) groups excluding carboxylic acids is 2. The SMILES string of the molecule is CCOC(=O)c1sc(N)c(C(=O)OC)c1CC(C)C. The minimum atomic E-state index is -0.514. The minimum absolute atomic E-state index is 0.283. The molecule has 0 unspecified atom stereocenters. The van der Waals surface area contributed by atoms with Crippen LogP contribution in [-0.4, -0.2) is 25.7 Å². The van der Waals surface area contributed by atoms with E-state index >= 15 is 0 Å². The number of methoxy groups -OCH3 is 1. The van der Waals surface area contributed by atoms with E-state index in [-0.39, 0.29) is 12.5 Å². The summed E-state index contributed by atoms with van der Waals surface area (Å²) in [5.74, 6) is -0.671. The summed E-state index contributed by atoms with van der Waals surface area (Å²) in [7, 11) is 1.29. The molecule has 0 aliphatic heterocycles. The number of esters is 2. The van der Waals surface area contributed by atoms with Gasteiger partial charge in [0.2, 0.25) is 0 Å². The molecule has 0 aliphatic rings. The van der Waals surface area contributed by atoms with E-state index in [1.54, 1.807) is 6.92 Å². The van der Waals surface area contributed by atoms with Gasteiger partial charge in [-0.15, -0.1) is 11.3 Å². The molecule has 2 N–H and O–H groups in total. The Bertz CT molecular complexity index is 479. The first-order valence-corrected chi connectivity index (χ1v) is 6.90. The van der Waals surface area contributed by atoms with Crippen LogP contribution in [-0.2, 0) is 15.9 Å². The van der Waals surface area contributed by atoms with Gasteiger partial charge in [0.05, 0.1) is 19.3 Å². The quantitative estimate of drug-likeness (QED) is 0.841. The molecule has 5 nitrogen and oxygen atoms in total. The second-order valence-corrected chi connectivity index (χ2v) is 5.51. The Morgan fingerprint density at radius 1 is 1.32 bits per heavy atom. The molecule has 0 aromatic carbocycles. The second kappa shape index (κ2) is 6.56. The molecule has 19 heavy (non-hydrogen) atoms. The lowest BCUT2D eigenvalue weighted by atomic mass is 9.99. The van der Waals surface area contributed by atoms with Crippen LogP contribution in [0.2, 0.25) is 0 Å². The first-order valence-electron chi connectivity index (χ1n) is 6.08. The van der Waals surface area contributed by atoms with Crippen molar-refractivity contribution in [2.45, 2.75) is 27.2 Å². The molecule has 0 saturated carbocycles. The highest BCUT2D eigenvalue weighted by atomic mass is 32.1. The first-order chi connectivity index (χ1) is 8.92. The summed E-state index contributed by atoms with van der Waals surface area (Å²) in [6.07, 6.45) is 0.576. The standard InChI is InChI=1S/C13H19NO4S/c1-5-18-13(16)10-8(6-7(2)3)9(11(14)19-10)12(15)17-4/h7H,5-6,14H2,1-4H3. The van der Waals surface area contributed by atoms with Gasteiger partial charge in [0.1, 0.15) is 9.88 Å². The van der Waals surface area contributed by atoms with Crippen molar-refractivity contribution in [3.8, 4) is 0 Å². The zero-order valence-electron chi connectivity index (χ0n) is 11.6. The van der Waals surface area contributed by atoms with Gasteiger partial charge in [-0.1, -0.05) is 13.8 Å². The van der Waals surface area contributed by atoms with Gasteiger partial charge in [-0.05, 0) is 24.8 Å². The molecular formula is C13H19NO4S. The highest BCUT2D eigenvalue weighted by molar-refractivity contribution is 7.18. The van der Waals surface area contributed by atoms with E-state index in [0.717, 1.165) is 11.3 Å². The van der Waals surface area contributed by atoms with E-state index in [1.165, 1.54) is 7.11 Å². The van der Waals surface area contributed by atoms with Gasteiger partial charge in [-0.3, -0.25) is 0 Å². The van der Waals surface area contributed by atoms with Crippen molar-refractivity contribution in [3.63, 3.8) is 0 Å². The zero-order valence-corrected chi connectivity index (χ0v) is 12.4. The van der Waals surface area contributed by atoms with Crippen molar-refractivity contribution >= 4 is 28.3 Å². The smallest absolute Gasteiger partial charge is 0.348 e. The Hall–Kier alpha value is -1.56. The molecule has 106 valence electrons. The lowest BCUT2D eigenvalue weighted by molar-refractivity contribution is 0.0531. The molecule has 1 aromatic rings. The number of nitrogens with two attached hydrogens (primary N) is 1. The van der Waals surface area contributed by atoms with Crippen LogP contribution in [0.3, 0.4) is 0 Å². The van der Waals surface area contributed by atoms with Crippen LogP contribution in [0.4, 0.5) is 5.00 Å². The third-order valence-electron chi connectivity index (χ3n) is 2.50. The molecule has 1 heterocycles. The zero-order chi connectivity index (χ0) is 14.6. The van der Waals surface area contributed by atoms with Crippen molar-refractivity contribution in [1.29, 1.82) is 0 Å². The Morgan fingerprint density at radius 3 is 2.42 bits per heavy atom. The summed E-state index contributed by atoms with van der Waals surface area (Å²) < 4.78 is 9.72. The fourth-order valence-corrected chi connectivity index (χ4v) is 2.75. The summed E-state index contributed by atoms with van der Waals surface area (Å²) in [5.41, 5.74) is 6.76. The first kappa shape index (κ1) is 15.5. The predicted molar refractivity (Wildman–Crippen MR) is 74.6 cm³/mol. The van der Waals surface area contributed by atoms with Crippen molar-refractivity contribution < 1.29 is 19.1 Å². The highest BCUT2D eigenvalue weighted by Gasteiger charge is 2.27. The number of thiophene rings is 1. The summed E-state index contributed by atoms with van der Waals surface area (Å²) in [5, 5.41) is 0.297. The molecular weight excluding hydrogens is 266 g/mol. The third kappa shape index (κ3) is 3.47. The summed E-state index contributed by atoms with van der Waals surface area (Å²) in [6.45, 7) is 6.03. The van der Waals surface area contributed by atoms with E-state index < -0.39 is 11.9 Å². The fourth-order valence-electron chi connectivity index (χ4n) is 1.78. The van der Waals surface area contributed by atoms with Crippen LogP contribution in [0.5, 0.6) is 0 Å². The molecule has 6 heteroatoms. The molecule has 0 spiro atoms. The number of hydrogen-bond donors (Lipinski definition) is 1. The monoisotopic (exact) mass is 285 g/mol. The van der Waals surface area contributed by atoms with E-state index in [1.807, 2.05) is 13.8 Å². The average molecular weight is 285 g/mol. The van der Waals surface area contributed by atoms with Crippen LogP contribution in [0.15, 0.2) is 0 Å². The van der Waals surface area contributed by atoms with Crippen molar-refractivity contribution in [3.05, 3.63) is 16.0 Å². The molecule has 0 saturated heterocycles. The Morgan fingerprint density at radius 2 is 1.95 bits per heavy atom. The lowest BCUT2D eigenvalue weighted by Gasteiger charge is -2.08. The highest BCUT2D eigenvalue weighted by Crippen LogP contribution is 2.34. The number of ether oxygens (including phenoxy) is 2. The molecule has 1 rings (SSSR count). The van der Waals surface area contributed by atoms with E-state index in [2.05, 4.69) is 0 Å². The molecule has 0 atom stereocenters. The van der Waals surface area contributed by atoms with Gasteiger partial charge in [-0.2, -0.15) is 0 Å². The Balaban J connectivity index is 3.31. The minimum Gasteiger partial charge on any atom is -0.465 e. The van der Waals surface area contributed by atoms with Crippen molar-refractivity contribution in [2.75, 3.05) is 19.5 Å². The third-order valence-corrected chi connectivity index (χ3v) is 3.54. The Kier molecular flexibility index (Phi) is 5.35. The van der Waals surface area contributed by atoms with Gasteiger partial charge in [-0.25, -0.2) is 9.59 Å². The summed E-state index contributed by atoms with van der Waals surface area (Å²) in [4.78, 5) is 24.1. The van der Waals surface area contributed by atoms with E-state index in [0.29, 0.717) is 27.4 Å². The maximum absolute atomic E-state index is 11.9. The molecule has 0 bridgehead atoms. The Labute approximate surface area is 116 Å². The van der Waals surface area contributed by atoms with Crippen molar-refractivity contribution in [1.82, 2.24) is 0 Å². The molecule has 1 aromatic heterocycles. The maximum Gasteiger partial charge on any atom is 0.348 e. The largest absolute Gasteiger partial charge is 0.465 e. The van der Waals surface area contributed by atoms with Gasteiger partial charge >= 0.3 is 11.9 Å². The van der Waals surface area contributed by atoms with Gasteiger partial charge < -0.3 is 15.2 Å². The average Bonchev–Trinajstić information content (AvgIpc) is 2.65. The van der Waals surface area contributed by atoms with Crippen molar-refractivity contribution in [2.24, 2.45) is 5.92 Å². The fraction of sp³-hybridized carbons (Fsp3) is 0.538. The number of hydrogen-bond acceptors (Lipinski definition) is 6.